The highest BCUT2D eigenvalue weighted by Crippen LogP contribution is 2.32. The first-order valence-electron chi connectivity index (χ1n) is 6.77. The summed E-state index contributed by atoms with van der Waals surface area (Å²) >= 11 is 0. The van der Waals surface area contributed by atoms with Crippen molar-refractivity contribution in [2.24, 2.45) is 0 Å². The van der Waals surface area contributed by atoms with Crippen molar-refractivity contribution in [1.29, 1.82) is 0 Å². The largest absolute Gasteiger partial charge is 0.497 e. The van der Waals surface area contributed by atoms with Crippen LogP contribution >= 0.6 is 0 Å². The van der Waals surface area contributed by atoms with Crippen LogP contribution in [0.25, 0.3) is 11.1 Å². The molecule has 0 bridgehead atoms. The number of hydrogen-bond acceptors (Lipinski definition) is 3. The molecule has 0 spiro atoms. The van der Waals surface area contributed by atoms with E-state index in [-0.39, 0.29) is 0 Å². The Morgan fingerprint density at radius 2 is 2.32 bits per heavy atom. The lowest BCUT2D eigenvalue weighted by Crippen LogP contribution is -2.28. The fourth-order valence-corrected chi connectivity index (χ4v) is 2.73. The van der Waals surface area contributed by atoms with Gasteiger partial charge in [0.25, 0.3) is 0 Å². The Kier molecular flexibility index (Phi) is 3.51. The molecule has 2 aromatic rings. The zero-order chi connectivity index (χ0) is 13.1. The van der Waals surface area contributed by atoms with Crippen LogP contribution in [0, 0.1) is 0 Å². The lowest BCUT2D eigenvalue weighted by Gasteiger charge is -2.22. The molecule has 1 fully saturated rings. The van der Waals surface area contributed by atoms with Gasteiger partial charge in [-0.2, -0.15) is 5.10 Å². The predicted octanol–water partition coefficient (Wildman–Crippen LogP) is 2.55. The normalized spacial score (nSPS) is 19.3. The first-order chi connectivity index (χ1) is 9.38. The molecule has 1 aromatic carbocycles. The Labute approximate surface area is 113 Å². The van der Waals surface area contributed by atoms with E-state index in [1.807, 2.05) is 18.3 Å². The molecule has 1 saturated heterocycles. The maximum atomic E-state index is 5.30. The molecular formula is C15H19N3O. The number of benzene rings is 1. The van der Waals surface area contributed by atoms with Crippen molar-refractivity contribution < 1.29 is 4.74 Å². The zero-order valence-electron chi connectivity index (χ0n) is 11.1. The van der Waals surface area contributed by atoms with Gasteiger partial charge in [-0.3, -0.25) is 5.10 Å². The summed E-state index contributed by atoms with van der Waals surface area (Å²) in [5, 5.41) is 10.9. The Balaban J connectivity index is 1.94. The number of nitrogens with one attached hydrogen (secondary N) is 2. The molecule has 2 N–H and O–H groups in total. The van der Waals surface area contributed by atoms with Crippen molar-refractivity contribution in [2.75, 3.05) is 20.2 Å². The molecular weight excluding hydrogens is 238 g/mol. The topological polar surface area (TPSA) is 49.9 Å². The Morgan fingerprint density at radius 3 is 3.11 bits per heavy atom. The molecule has 2 heterocycles. The first-order valence-corrected chi connectivity index (χ1v) is 6.77. The highest BCUT2D eigenvalue weighted by atomic mass is 16.5. The van der Waals surface area contributed by atoms with Crippen molar-refractivity contribution in [2.45, 2.75) is 18.8 Å². The van der Waals surface area contributed by atoms with Crippen molar-refractivity contribution in [3.05, 3.63) is 36.2 Å². The second-order valence-electron chi connectivity index (χ2n) is 4.97. The van der Waals surface area contributed by atoms with Gasteiger partial charge in [-0.25, -0.2) is 0 Å². The number of piperidine rings is 1. The summed E-state index contributed by atoms with van der Waals surface area (Å²) in [6.45, 7) is 2.15. The smallest absolute Gasteiger partial charge is 0.119 e. The Morgan fingerprint density at radius 1 is 1.37 bits per heavy atom. The summed E-state index contributed by atoms with van der Waals surface area (Å²) in [4.78, 5) is 0. The number of hydrogen-bond donors (Lipinski definition) is 2. The van der Waals surface area contributed by atoms with Crippen LogP contribution in [0.1, 0.15) is 24.5 Å². The molecule has 19 heavy (non-hydrogen) atoms. The van der Waals surface area contributed by atoms with Gasteiger partial charge in [-0.05, 0) is 37.1 Å². The van der Waals surface area contributed by atoms with Crippen LogP contribution in [-0.4, -0.2) is 30.4 Å². The van der Waals surface area contributed by atoms with Crippen LogP contribution in [0.5, 0.6) is 5.75 Å². The molecule has 3 rings (SSSR count). The van der Waals surface area contributed by atoms with Gasteiger partial charge >= 0.3 is 0 Å². The number of aromatic nitrogens is 2. The van der Waals surface area contributed by atoms with Crippen molar-refractivity contribution in [1.82, 2.24) is 15.5 Å². The second kappa shape index (κ2) is 5.45. The fourth-order valence-electron chi connectivity index (χ4n) is 2.73. The van der Waals surface area contributed by atoms with Gasteiger partial charge in [0.05, 0.1) is 13.3 Å². The number of methoxy groups -OCH3 is 1. The number of H-pyrrole nitrogens is 1. The van der Waals surface area contributed by atoms with Gasteiger partial charge in [-0.15, -0.1) is 0 Å². The quantitative estimate of drug-likeness (QED) is 0.888. The summed E-state index contributed by atoms with van der Waals surface area (Å²) in [7, 11) is 1.69. The lowest BCUT2D eigenvalue weighted by atomic mass is 9.91. The van der Waals surface area contributed by atoms with Crippen LogP contribution in [0.3, 0.4) is 0 Å². The van der Waals surface area contributed by atoms with Crippen LogP contribution < -0.4 is 10.1 Å². The molecule has 1 aromatic heterocycles. The van der Waals surface area contributed by atoms with E-state index in [1.165, 1.54) is 24.1 Å². The zero-order valence-corrected chi connectivity index (χ0v) is 11.1. The average Bonchev–Trinajstić information content (AvgIpc) is 2.98. The van der Waals surface area contributed by atoms with Crippen LogP contribution in [0.4, 0.5) is 0 Å². The molecule has 100 valence electrons. The van der Waals surface area contributed by atoms with E-state index in [0.29, 0.717) is 5.92 Å². The summed E-state index contributed by atoms with van der Waals surface area (Å²) in [6.07, 6.45) is 4.35. The minimum atomic E-state index is 0.525. The molecule has 0 amide bonds. The van der Waals surface area contributed by atoms with E-state index in [1.54, 1.807) is 7.11 Å². The summed E-state index contributed by atoms with van der Waals surface area (Å²) in [5.74, 6) is 1.41. The second-order valence-corrected chi connectivity index (χ2v) is 4.97. The number of aromatic amines is 1. The van der Waals surface area contributed by atoms with Gasteiger partial charge in [0, 0.05) is 23.7 Å². The van der Waals surface area contributed by atoms with E-state index >= 15 is 0 Å². The standard InChI is InChI=1S/C15H19N3O/c1-19-13-6-2-4-11(8-13)14-10-17-18-15(14)12-5-3-7-16-9-12/h2,4,6,8,10,12,16H,3,5,7,9H2,1H3,(H,17,18)/t12-/m1/s1. The molecule has 4 heteroatoms. The molecule has 0 unspecified atom stereocenters. The molecule has 1 aliphatic heterocycles. The SMILES string of the molecule is COc1cccc(-c2cn[nH]c2[C@@H]2CCCNC2)c1. The number of nitrogens with zero attached hydrogens (tertiary/aromatic N) is 1. The van der Waals surface area contributed by atoms with Crippen molar-refractivity contribution in [3.63, 3.8) is 0 Å². The van der Waals surface area contributed by atoms with Crippen LogP contribution in [0.2, 0.25) is 0 Å². The monoisotopic (exact) mass is 257 g/mol. The molecule has 1 aliphatic rings. The highest BCUT2D eigenvalue weighted by molar-refractivity contribution is 5.67. The third-order valence-corrected chi connectivity index (χ3v) is 3.75. The van der Waals surface area contributed by atoms with Crippen LogP contribution in [0.15, 0.2) is 30.5 Å². The maximum Gasteiger partial charge on any atom is 0.119 e. The number of rotatable bonds is 3. The first kappa shape index (κ1) is 12.2. The molecule has 1 atom stereocenters. The van der Waals surface area contributed by atoms with E-state index in [2.05, 4.69) is 27.6 Å². The van der Waals surface area contributed by atoms with Gasteiger partial charge in [0.15, 0.2) is 0 Å². The summed E-state index contributed by atoms with van der Waals surface area (Å²) < 4.78 is 5.30. The average molecular weight is 257 g/mol. The molecule has 0 radical (unpaired) electrons. The van der Waals surface area contributed by atoms with E-state index < -0.39 is 0 Å². The summed E-state index contributed by atoms with van der Waals surface area (Å²) in [6, 6.07) is 8.15. The minimum absolute atomic E-state index is 0.525. The lowest BCUT2D eigenvalue weighted by molar-refractivity contribution is 0.415. The van der Waals surface area contributed by atoms with Crippen molar-refractivity contribution >= 4 is 0 Å². The minimum Gasteiger partial charge on any atom is -0.497 e. The highest BCUT2D eigenvalue weighted by Gasteiger charge is 2.20. The van der Waals surface area contributed by atoms with Gasteiger partial charge in [0.1, 0.15) is 5.75 Å². The number of ether oxygens (including phenoxy) is 1. The van der Waals surface area contributed by atoms with Gasteiger partial charge < -0.3 is 10.1 Å². The maximum absolute atomic E-state index is 5.30. The predicted molar refractivity (Wildman–Crippen MR) is 75.4 cm³/mol. The third kappa shape index (κ3) is 2.49. The molecule has 0 aliphatic carbocycles. The Hall–Kier alpha value is -1.81. The fraction of sp³-hybridized carbons (Fsp3) is 0.400. The van der Waals surface area contributed by atoms with Gasteiger partial charge in [0.2, 0.25) is 0 Å². The molecule has 0 saturated carbocycles. The Bertz CT molecular complexity index is 544. The third-order valence-electron chi connectivity index (χ3n) is 3.75. The summed E-state index contributed by atoms with van der Waals surface area (Å²) in [5.41, 5.74) is 3.58. The molecule has 4 nitrogen and oxygen atoms in total. The van der Waals surface area contributed by atoms with E-state index in [0.717, 1.165) is 24.4 Å². The van der Waals surface area contributed by atoms with Gasteiger partial charge in [-0.1, -0.05) is 12.1 Å². The van der Waals surface area contributed by atoms with E-state index in [4.69, 9.17) is 4.74 Å². The van der Waals surface area contributed by atoms with E-state index in [9.17, 15) is 0 Å². The van der Waals surface area contributed by atoms with Crippen LogP contribution in [-0.2, 0) is 0 Å². The van der Waals surface area contributed by atoms with Crippen molar-refractivity contribution in [3.8, 4) is 16.9 Å².